The molecule has 0 radical (unpaired) electrons. The van der Waals surface area contributed by atoms with E-state index in [1.807, 2.05) is 18.7 Å². The predicted octanol–water partition coefficient (Wildman–Crippen LogP) is 2.33. The Bertz CT molecular complexity index is 390. The van der Waals surface area contributed by atoms with Gasteiger partial charge in [-0.1, -0.05) is 20.8 Å². The molecule has 1 aliphatic carbocycles. The van der Waals surface area contributed by atoms with Crippen molar-refractivity contribution < 1.29 is 9.59 Å². The van der Waals surface area contributed by atoms with Crippen molar-refractivity contribution in [2.75, 3.05) is 6.54 Å². The zero-order valence-electron chi connectivity index (χ0n) is 13.2. The first-order valence-electron chi connectivity index (χ1n) is 8.03. The van der Waals surface area contributed by atoms with Crippen LogP contribution in [0.2, 0.25) is 0 Å². The molecule has 114 valence electrons. The van der Waals surface area contributed by atoms with Crippen LogP contribution >= 0.6 is 0 Å². The van der Waals surface area contributed by atoms with Gasteiger partial charge < -0.3 is 10.2 Å². The van der Waals surface area contributed by atoms with E-state index in [0.717, 1.165) is 25.7 Å². The fourth-order valence-corrected chi connectivity index (χ4v) is 3.24. The lowest BCUT2D eigenvalue weighted by Gasteiger charge is -2.44. The summed E-state index contributed by atoms with van der Waals surface area (Å²) in [6.45, 7) is 8.98. The maximum atomic E-state index is 12.8. The Morgan fingerprint density at radius 1 is 1.35 bits per heavy atom. The Morgan fingerprint density at radius 2 is 2.00 bits per heavy atom. The van der Waals surface area contributed by atoms with Gasteiger partial charge in [0.15, 0.2) is 0 Å². The number of nitrogens with one attached hydrogen (secondary N) is 1. The minimum Gasteiger partial charge on any atom is -0.340 e. The van der Waals surface area contributed by atoms with Crippen LogP contribution < -0.4 is 5.32 Å². The Morgan fingerprint density at radius 3 is 2.50 bits per heavy atom. The summed E-state index contributed by atoms with van der Waals surface area (Å²) in [6, 6.07) is -0.276. The van der Waals surface area contributed by atoms with Crippen LogP contribution in [0.25, 0.3) is 0 Å². The van der Waals surface area contributed by atoms with Crippen molar-refractivity contribution in [3.63, 3.8) is 0 Å². The van der Waals surface area contributed by atoms with Gasteiger partial charge in [-0.05, 0) is 50.9 Å². The smallest absolute Gasteiger partial charge is 0.249 e. The molecule has 2 rings (SSSR count). The number of piperazine rings is 1. The number of amides is 2. The summed E-state index contributed by atoms with van der Waals surface area (Å²) in [4.78, 5) is 27.0. The first-order chi connectivity index (χ1) is 9.40. The summed E-state index contributed by atoms with van der Waals surface area (Å²) in [6.07, 6.45) is 4.88. The normalized spacial score (nSPS) is 30.9. The van der Waals surface area contributed by atoms with E-state index in [4.69, 9.17) is 0 Å². The van der Waals surface area contributed by atoms with Crippen molar-refractivity contribution in [3.05, 3.63) is 0 Å². The average Bonchev–Trinajstić information content (AvgIpc) is 3.19. The molecule has 0 aromatic carbocycles. The Labute approximate surface area is 122 Å². The third-order valence-electron chi connectivity index (χ3n) is 4.73. The van der Waals surface area contributed by atoms with Gasteiger partial charge in [-0.3, -0.25) is 9.59 Å². The molecule has 2 unspecified atom stereocenters. The number of rotatable bonds is 6. The van der Waals surface area contributed by atoms with Gasteiger partial charge in [0.25, 0.3) is 0 Å². The first kappa shape index (κ1) is 15.3. The summed E-state index contributed by atoms with van der Waals surface area (Å²) in [7, 11) is 0. The maximum Gasteiger partial charge on any atom is 0.249 e. The van der Waals surface area contributed by atoms with Crippen LogP contribution in [0.5, 0.6) is 0 Å². The van der Waals surface area contributed by atoms with Crippen molar-refractivity contribution in [2.45, 2.75) is 71.4 Å². The van der Waals surface area contributed by atoms with Gasteiger partial charge in [-0.15, -0.1) is 0 Å². The summed E-state index contributed by atoms with van der Waals surface area (Å²) < 4.78 is 0. The van der Waals surface area contributed by atoms with E-state index >= 15 is 0 Å². The van der Waals surface area contributed by atoms with E-state index in [1.165, 1.54) is 0 Å². The van der Waals surface area contributed by atoms with Gasteiger partial charge in [-0.2, -0.15) is 0 Å². The van der Waals surface area contributed by atoms with Crippen LogP contribution in [-0.4, -0.2) is 34.8 Å². The lowest BCUT2D eigenvalue weighted by atomic mass is 9.88. The van der Waals surface area contributed by atoms with Gasteiger partial charge in [0.05, 0.1) is 0 Å². The molecule has 1 N–H and O–H groups in total. The first-order valence-corrected chi connectivity index (χ1v) is 8.03. The molecule has 2 amide bonds. The largest absolute Gasteiger partial charge is 0.340 e. The highest BCUT2D eigenvalue weighted by molar-refractivity contribution is 6.00. The third kappa shape index (κ3) is 2.84. The highest BCUT2D eigenvalue weighted by atomic mass is 16.2. The number of hydrogen-bond acceptors (Lipinski definition) is 2. The summed E-state index contributed by atoms with van der Waals surface area (Å²) in [5.74, 6) is 1.14. The van der Waals surface area contributed by atoms with Crippen molar-refractivity contribution >= 4 is 11.8 Å². The van der Waals surface area contributed by atoms with Crippen molar-refractivity contribution in [3.8, 4) is 0 Å². The van der Waals surface area contributed by atoms with Crippen molar-refractivity contribution in [1.29, 1.82) is 0 Å². The molecule has 0 spiro atoms. The van der Waals surface area contributed by atoms with Gasteiger partial charge in [-0.25, -0.2) is 0 Å². The van der Waals surface area contributed by atoms with Gasteiger partial charge >= 0.3 is 0 Å². The topological polar surface area (TPSA) is 49.4 Å². The maximum absolute atomic E-state index is 12.8. The highest BCUT2D eigenvalue weighted by Crippen LogP contribution is 2.42. The molecular formula is C16H28N2O2. The zero-order chi connectivity index (χ0) is 14.9. The molecule has 1 saturated carbocycles. The molecule has 4 nitrogen and oxygen atoms in total. The molecular weight excluding hydrogens is 252 g/mol. The van der Waals surface area contributed by atoms with Crippen molar-refractivity contribution in [1.82, 2.24) is 10.2 Å². The Hall–Kier alpha value is -1.06. The van der Waals surface area contributed by atoms with E-state index < -0.39 is 5.54 Å². The van der Waals surface area contributed by atoms with Gasteiger partial charge in [0, 0.05) is 6.54 Å². The van der Waals surface area contributed by atoms with Gasteiger partial charge in [0.1, 0.15) is 11.6 Å². The molecule has 2 aliphatic rings. The molecule has 1 saturated heterocycles. The predicted molar refractivity (Wildman–Crippen MR) is 79.1 cm³/mol. The average molecular weight is 280 g/mol. The van der Waals surface area contributed by atoms with Gasteiger partial charge in [0.2, 0.25) is 11.8 Å². The number of nitrogens with zero attached hydrogens (tertiary/aromatic N) is 1. The molecule has 1 heterocycles. The second-order valence-corrected chi connectivity index (χ2v) is 6.92. The SMILES string of the molecule is CCC1C(=O)NC(C)(C2CC2)C(=O)N1CCCC(C)C. The van der Waals surface area contributed by atoms with Crippen LogP contribution in [0.1, 0.15) is 59.8 Å². The molecule has 4 heteroatoms. The van der Waals surface area contributed by atoms with E-state index in [-0.39, 0.29) is 17.9 Å². The van der Waals surface area contributed by atoms with E-state index in [9.17, 15) is 9.59 Å². The minimum absolute atomic E-state index is 0.0334. The lowest BCUT2D eigenvalue weighted by molar-refractivity contribution is -0.155. The second-order valence-electron chi connectivity index (χ2n) is 6.92. The summed E-state index contributed by atoms with van der Waals surface area (Å²) in [5, 5.41) is 3.00. The fraction of sp³-hybridized carbons (Fsp3) is 0.875. The quantitative estimate of drug-likeness (QED) is 0.812. The monoisotopic (exact) mass is 280 g/mol. The zero-order valence-corrected chi connectivity index (χ0v) is 13.2. The number of carbonyl (C=O) groups excluding carboxylic acids is 2. The molecule has 20 heavy (non-hydrogen) atoms. The van der Waals surface area contributed by atoms with Crippen LogP contribution in [0.3, 0.4) is 0 Å². The molecule has 2 atom stereocenters. The number of carbonyl (C=O) groups is 2. The van der Waals surface area contributed by atoms with E-state index in [2.05, 4.69) is 19.2 Å². The molecule has 1 aliphatic heterocycles. The molecule has 0 bridgehead atoms. The Kier molecular flexibility index (Phi) is 4.40. The summed E-state index contributed by atoms with van der Waals surface area (Å²) in [5.41, 5.74) is -0.652. The minimum atomic E-state index is -0.652. The summed E-state index contributed by atoms with van der Waals surface area (Å²) >= 11 is 0. The molecule has 0 aromatic heterocycles. The highest BCUT2D eigenvalue weighted by Gasteiger charge is 2.54. The fourth-order valence-electron chi connectivity index (χ4n) is 3.24. The van der Waals surface area contributed by atoms with Crippen LogP contribution in [-0.2, 0) is 9.59 Å². The molecule has 0 aromatic rings. The van der Waals surface area contributed by atoms with Crippen LogP contribution in [0.4, 0.5) is 0 Å². The van der Waals surface area contributed by atoms with E-state index in [1.54, 1.807) is 0 Å². The Balaban J connectivity index is 2.10. The van der Waals surface area contributed by atoms with Crippen LogP contribution in [0.15, 0.2) is 0 Å². The lowest BCUT2D eigenvalue weighted by Crippen LogP contribution is -2.70. The van der Waals surface area contributed by atoms with Crippen LogP contribution in [0, 0.1) is 11.8 Å². The second kappa shape index (κ2) is 5.74. The van der Waals surface area contributed by atoms with E-state index in [0.29, 0.717) is 24.8 Å². The standard InChI is InChI=1S/C16H28N2O2/c1-5-13-14(19)17-16(4,12-8-9-12)15(20)18(13)10-6-7-11(2)3/h11-13H,5-10H2,1-4H3,(H,17,19). The number of hydrogen-bond donors (Lipinski definition) is 1. The van der Waals surface area contributed by atoms with Crippen molar-refractivity contribution in [2.24, 2.45) is 11.8 Å². The third-order valence-corrected chi connectivity index (χ3v) is 4.73. The molecule has 2 fully saturated rings.